The highest BCUT2D eigenvalue weighted by Gasteiger charge is 2.30. The number of nitrogens with one attached hydrogen (secondary N) is 1. The Balaban J connectivity index is 0.00000144. The van der Waals surface area contributed by atoms with Crippen LogP contribution >= 0.6 is 12.4 Å². The van der Waals surface area contributed by atoms with Crippen molar-refractivity contribution in [1.82, 2.24) is 5.32 Å². The molecule has 1 fully saturated rings. The molecule has 0 bridgehead atoms. The third-order valence-electron chi connectivity index (χ3n) is 2.04. The fourth-order valence-electron chi connectivity index (χ4n) is 1.37. The van der Waals surface area contributed by atoms with E-state index in [9.17, 15) is 9.90 Å². The largest absolute Gasteiger partial charge is 0.466 e. The molecule has 1 saturated heterocycles. The molecule has 1 aliphatic rings. The van der Waals surface area contributed by atoms with Crippen LogP contribution in [0.3, 0.4) is 0 Å². The number of aliphatic hydroxyl groups is 1. The summed E-state index contributed by atoms with van der Waals surface area (Å²) in [6, 6.07) is 0. The number of carbonyl (C=O) groups excluding carboxylic acids is 1. The van der Waals surface area contributed by atoms with Crippen molar-refractivity contribution in [2.24, 2.45) is 5.92 Å². The fourth-order valence-corrected chi connectivity index (χ4v) is 1.37. The van der Waals surface area contributed by atoms with Gasteiger partial charge in [0.15, 0.2) is 0 Å². The summed E-state index contributed by atoms with van der Waals surface area (Å²) in [6.45, 7) is 3.42. The molecule has 5 heteroatoms. The van der Waals surface area contributed by atoms with Gasteiger partial charge in [0.25, 0.3) is 0 Å². The van der Waals surface area contributed by atoms with Crippen LogP contribution in [0.1, 0.15) is 13.3 Å². The summed E-state index contributed by atoms with van der Waals surface area (Å²) >= 11 is 0. The Hall–Kier alpha value is -0.320. The summed E-state index contributed by atoms with van der Waals surface area (Å²) in [4.78, 5) is 11.2. The Morgan fingerprint density at radius 2 is 2.38 bits per heavy atom. The number of carbonyl (C=O) groups is 1. The zero-order chi connectivity index (χ0) is 8.97. The van der Waals surface area contributed by atoms with Gasteiger partial charge in [-0.1, -0.05) is 0 Å². The molecular formula is C8H16ClNO3. The van der Waals surface area contributed by atoms with Gasteiger partial charge in [0.1, 0.15) is 0 Å². The Labute approximate surface area is 84.1 Å². The third kappa shape index (κ3) is 3.50. The molecule has 0 aromatic rings. The van der Waals surface area contributed by atoms with Crippen LogP contribution in [0.25, 0.3) is 0 Å². The van der Waals surface area contributed by atoms with Gasteiger partial charge in [-0.25, -0.2) is 0 Å². The SMILES string of the molecule is CCOC(=O)C1CCNCC1O.Cl. The van der Waals surface area contributed by atoms with E-state index >= 15 is 0 Å². The summed E-state index contributed by atoms with van der Waals surface area (Å²) in [5.41, 5.74) is 0. The van der Waals surface area contributed by atoms with E-state index < -0.39 is 6.10 Å². The molecule has 2 N–H and O–H groups in total. The second-order valence-electron chi connectivity index (χ2n) is 2.92. The molecule has 0 radical (unpaired) electrons. The predicted molar refractivity (Wildman–Crippen MR) is 50.9 cm³/mol. The number of aliphatic hydroxyl groups excluding tert-OH is 1. The summed E-state index contributed by atoms with van der Waals surface area (Å²) < 4.78 is 4.83. The van der Waals surface area contributed by atoms with E-state index in [2.05, 4.69) is 5.32 Å². The monoisotopic (exact) mass is 209 g/mol. The van der Waals surface area contributed by atoms with Gasteiger partial charge in [-0.05, 0) is 19.9 Å². The topological polar surface area (TPSA) is 58.6 Å². The van der Waals surface area contributed by atoms with Gasteiger partial charge in [-0.3, -0.25) is 4.79 Å². The number of hydrogen-bond acceptors (Lipinski definition) is 4. The van der Waals surface area contributed by atoms with Gasteiger partial charge in [-0.2, -0.15) is 0 Å². The van der Waals surface area contributed by atoms with Crippen LogP contribution in [-0.4, -0.2) is 36.9 Å². The molecule has 2 unspecified atom stereocenters. The lowest BCUT2D eigenvalue weighted by molar-refractivity contribution is -0.153. The second kappa shape index (κ2) is 6.18. The number of hydrogen-bond donors (Lipinski definition) is 2. The van der Waals surface area contributed by atoms with E-state index in [4.69, 9.17) is 4.74 Å². The normalized spacial score (nSPS) is 27.5. The van der Waals surface area contributed by atoms with Crippen LogP contribution in [0.2, 0.25) is 0 Å². The maximum Gasteiger partial charge on any atom is 0.311 e. The molecule has 4 nitrogen and oxygen atoms in total. The molecule has 13 heavy (non-hydrogen) atoms. The number of piperidine rings is 1. The van der Waals surface area contributed by atoms with Gasteiger partial charge in [-0.15, -0.1) is 12.4 Å². The minimum atomic E-state index is -0.585. The summed E-state index contributed by atoms with van der Waals surface area (Å²) in [5.74, 6) is -0.599. The Kier molecular flexibility index (Phi) is 6.03. The molecule has 0 aromatic heterocycles. The van der Waals surface area contributed by atoms with Crippen LogP contribution < -0.4 is 5.32 Å². The highest BCUT2D eigenvalue weighted by atomic mass is 35.5. The Morgan fingerprint density at radius 1 is 1.69 bits per heavy atom. The first-order valence-electron chi connectivity index (χ1n) is 4.31. The number of β-amino-alcohol motifs (C(OH)–C–C–N with tert-alkyl or cyclic N) is 1. The van der Waals surface area contributed by atoms with Crippen LogP contribution in [0.4, 0.5) is 0 Å². The maximum atomic E-state index is 11.2. The third-order valence-corrected chi connectivity index (χ3v) is 2.04. The zero-order valence-electron chi connectivity index (χ0n) is 7.66. The van der Waals surface area contributed by atoms with E-state index in [0.717, 1.165) is 6.54 Å². The lowest BCUT2D eigenvalue weighted by Gasteiger charge is -2.26. The molecule has 1 aliphatic heterocycles. The molecule has 0 aromatic carbocycles. The van der Waals surface area contributed by atoms with Crippen molar-refractivity contribution in [2.75, 3.05) is 19.7 Å². The van der Waals surface area contributed by atoms with Crippen molar-refractivity contribution < 1.29 is 14.6 Å². The van der Waals surface area contributed by atoms with Crippen molar-refractivity contribution in [3.05, 3.63) is 0 Å². The van der Waals surface area contributed by atoms with Crippen LogP contribution in [0.15, 0.2) is 0 Å². The summed E-state index contributed by atoms with van der Waals surface area (Å²) in [6.07, 6.45) is 0.0813. The first-order valence-corrected chi connectivity index (χ1v) is 4.31. The lowest BCUT2D eigenvalue weighted by atomic mass is 9.95. The quantitative estimate of drug-likeness (QED) is 0.626. The molecule has 1 heterocycles. The van der Waals surface area contributed by atoms with Crippen molar-refractivity contribution in [3.8, 4) is 0 Å². The number of ether oxygens (including phenoxy) is 1. The molecule has 78 valence electrons. The zero-order valence-corrected chi connectivity index (χ0v) is 8.47. The smallest absolute Gasteiger partial charge is 0.311 e. The minimum Gasteiger partial charge on any atom is -0.466 e. The van der Waals surface area contributed by atoms with Gasteiger partial charge in [0.2, 0.25) is 0 Å². The molecular weight excluding hydrogens is 194 g/mol. The predicted octanol–water partition coefficient (Wildman–Crippen LogP) is -0.0583. The highest BCUT2D eigenvalue weighted by molar-refractivity contribution is 5.85. The minimum absolute atomic E-state index is 0. The Bertz CT molecular complexity index is 165. The average Bonchev–Trinajstić information content (AvgIpc) is 2.05. The Morgan fingerprint density at radius 3 is 2.92 bits per heavy atom. The standard InChI is InChI=1S/C8H15NO3.ClH/c1-2-12-8(11)6-3-4-9-5-7(6)10;/h6-7,9-10H,2-5H2,1H3;1H. The highest BCUT2D eigenvalue weighted by Crippen LogP contribution is 2.13. The lowest BCUT2D eigenvalue weighted by Crippen LogP contribution is -2.44. The van der Waals surface area contributed by atoms with Gasteiger partial charge >= 0.3 is 5.97 Å². The van der Waals surface area contributed by atoms with E-state index in [-0.39, 0.29) is 24.3 Å². The van der Waals surface area contributed by atoms with E-state index in [1.54, 1.807) is 6.92 Å². The molecule has 1 rings (SSSR count). The first kappa shape index (κ1) is 12.7. The number of esters is 1. The van der Waals surface area contributed by atoms with E-state index in [1.165, 1.54) is 0 Å². The molecule has 0 saturated carbocycles. The number of rotatable bonds is 2. The average molecular weight is 210 g/mol. The first-order chi connectivity index (χ1) is 5.75. The molecule has 0 spiro atoms. The molecule has 0 aliphatic carbocycles. The van der Waals surface area contributed by atoms with Gasteiger partial charge in [0.05, 0.1) is 18.6 Å². The number of halogens is 1. The van der Waals surface area contributed by atoms with Gasteiger partial charge in [0, 0.05) is 6.54 Å². The second-order valence-corrected chi connectivity index (χ2v) is 2.92. The van der Waals surface area contributed by atoms with Crippen molar-refractivity contribution in [3.63, 3.8) is 0 Å². The van der Waals surface area contributed by atoms with Crippen LogP contribution in [0.5, 0.6) is 0 Å². The summed E-state index contributed by atoms with van der Waals surface area (Å²) in [5, 5.41) is 12.4. The fraction of sp³-hybridized carbons (Fsp3) is 0.875. The molecule has 2 atom stereocenters. The molecule has 0 amide bonds. The van der Waals surface area contributed by atoms with Crippen molar-refractivity contribution in [2.45, 2.75) is 19.4 Å². The van der Waals surface area contributed by atoms with Crippen LogP contribution in [-0.2, 0) is 9.53 Å². The van der Waals surface area contributed by atoms with Crippen molar-refractivity contribution in [1.29, 1.82) is 0 Å². The van der Waals surface area contributed by atoms with E-state index in [0.29, 0.717) is 19.6 Å². The van der Waals surface area contributed by atoms with Crippen molar-refractivity contribution >= 4 is 18.4 Å². The van der Waals surface area contributed by atoms with Crippen LogP contribution in [0, 0.1) is 5.92 Å². The van der Waals surface area contributed by atoms with Gasteiger partial charge < -0.3 is 15.2 Å². The van der Waals surface area contributed by atoms with E-state index in [1.807, 2.05) is 0 Å². The summed E-state index contributed by atoms with van der Waals surface area (Å²) in [7, 11) is 0. The maximum absolute atomic E-state index is 11.2.